The Hall–Kier alpha value is -2.04. The van der Waals surface area contributed by atoms with Gasteiger partial charge in [0, 0.05) is 13.1 Å². The fraction of sp³-hybridized carbons (Fsp3) is 0.529. The van der Waals surface area contributed by atoms with Crippen molar-refractivity contribution in [1.29, 1.82) is 0 Å². The van der Waals surface area contributed by atoms with E-state index >= 15 is 0 Å². The zero-order valence-corrected chi connectivity index (χ0v) is 12.7. The lowest BCUT2D eigenvalue weighted by atomic mass is 9.81. The zero-order valence-electron chi connectivity index (χ0n) is 12.7. The summed E-state index contributed by atoms with van der Waals surface area (Å²) in [6.07, 6.45) is 1.90. The number of nitrogens with zero attached hydrogens (tertiary/aromatic N) is 1. The number of carboxylic acid groups (broad SMARTS) is 1. The third kappa shape index (κ3) is 2.45. The molecule has 1 saturated carbocycles. The Morgan fingerprint density at radius 2 is 2.09 bits per heavy atom. The van der Waals surface area contributed by atoms with Gasteiger partial charge in [0.15, 0.2) is 6.10 Å². The van der Waals surface area contributed by atoms with Crippen LogP contribution in [0.3, 0.4) is 0 Å². The lowest BCUT2D eigenvalue weighted by molar-refractivity contribution is -0.150. The van der Waals surface area contributed by atoms with Crippen molar-refractivity contribution < 1.29 is 19.4 Å². The van der Waals surface area contributed by atoms with Crippen LogP contribution >= 0.6 is 0 Å². The number of aliphatic carboxylic acids is 1. The molecule has 0 radical (unpaired) electrons. The largest absolute Gasteiger partial charge is 0.481 e. The van der Waals surface area contributed by atoms with E-state index in [4.69, 9.17) is 4.74 Å². The molecule has 1 aromatic carbocycles. The highest BCUT2D eigenvalue weighted by Crippen LogP contribution is 2.49. The number of hydrogen-bond donors (Lipinski definition) is 1. The number of benzene rings is 1. The maximum Gasteiger partial charge on any atom is 0.311 e. The number of carboxylic acids is 1. The molecule has 2 fully saturated rings. The van der Waals surface area contributed by atoms with Crippen LogP contribution < -0.4 is 4.74 Å². The highest BCUT2D eigenvalue weighted by molar-refractivity contribution is 5.84. The minimum absolute atomic E-state index is 0.0814. The molecule has 1 saturated heterocycles. The fourth-order valence-electron chi connectivity index (χ4n) is 3.82. The van der Waals surface area contributed by atoms with Crippen molar-refractivity contribution in [1.82, 2.24) is 4.90 Å². The summed E-state index contributed by atoms with van der Waals surface area (Å²) in [6.45, 7) is 2.57. The highest BCUT2D eigenvalue weighted by Gasteiger charge is 2.56. The molecule has 0 spiro atoms. The predicted octanol–water partition coefficient (Wildman–Crippen LogP) is 2.17. The van der Waals surface area contributed by atoms with Crippen LogP contribution in [0.5, 0.6) is 5.75 Å². The molecule has 1 aliphatic heterocycles. The van der Waals surface area contributed by atoms with E-state index in [9.17, 15) is 14.7 Å². The number of ether oxygens (including phenoxy) is 1. The molecule has 118 valence electrons. The van der Waals surface area contributed by atoms with Gasteiger partial charge in [0.1, 0.15) is 5.75 Å². The van der Waals surface area contributed by atoms with Gasteiger partial charge >= 0.3 is 5.97 Å². The molecule has 5 nitrogen and oxygen atoms in total. The average molecular weight is 303 g/mol. The number of carbonyl (C=O) groups excluding carboxylic acids is 1. The van der Waals surface area contributed by atoms with Gasteiger partial charge in [-0.3, -0.25) is 9.59 Å². The third-order valence-corrected chi connectivity index (χ3v) is 5.01. The zero-order chi connectivity index (χ0) is 15.7. The number of rotatable bonds is 4. The van der Waals surface area contributed by atoms with E-state index in [2.05, 4.69) is 0 Å². The van der Waals surface area contributed by atoms with Crippen molar-refractivity contribution in [3.8, 4) is 5.75 Å². The summed E-state index contributed by atoms with van der Waals surface area (Å²) in [5.74, 6) is -0.158. The molecule has 0 bridgehead atoms. The summed E-state index contributed by atoms with van der Waals surface area (Å²) in [4.78, 5) is 25.9. The lowest BCUT2D eigenvalue weighted by Crippen LogP contribution is -2.42. The second-order valence-electron chi connectivity index (χ2n) is 6.34. The minimum atomic E-state index is -0.762. The molecule has 2 aliphatic rings. The highest BCUT2D eigenvalue weighted by atomic mass is 16.5. The van der Waals surface area contributed by atoms with Gasteiger partial charge in [0.05, 0.1) is 5.41 Å². The van der Waals surface area contributed by atoms with Gasteiger partial charge in [-0.05, 0) is 37.8 Å². The van der Waals surface area contributed by atoms with E-state index < -0.39 is 17.5 Å². The monoisotopic (exact) mass is 303 g/mol. The molecule has 1 amide bonds. The van der Waals surface area contributed by atoms with Crippen molar-refractivity contribution in [3.05, 3.63) is 30.3 Å². The molecule has 1 aromatic rings. The first kappa shape index (κ1) is 14.9. The van der Waals surface area contributed by atoms with Gasteiger partial charge in [0.25, 0.3) is 5.91 Å². The van der Waals surface area contributed by atoms with Crippen LogP contribution in [0.15, 0.2) is 30.3 Å². The summed E-state index contributed by atoms with van der Waals surface area (Å²) in [5.41, 5.74) is -0.734. The van der Waals surface area contributed by atoms with Crippen molar-refractivity contribution in [3.63, 3.8) is 0 Å². The second kappa shape index (κ2) is 5.63. The Morgan fingerprint density at radius 3 is 2.73 bits per heavy atom. The van der Waals surface area contributed by atoms with E-state index in [0.717, 1.165) is 12.8 Å². The van der Waals surface area contributed by atoms with Gasteiger partial charge in [-0.25, -0.2) is 0 Å². The van der Waals surface area contributed by atoms with Crippen LogP contribution in [0.2, 0.25) is 0 Å². The van der Waals surface area contributed by atoms with Crippen LogP contribution in [0.25, 0.3) is 0 Å². The smallest absolute Gasteiger partial charge is 0.311 e. The van der Waals surface area contributed by atoms with E-state index in [1.165, 1.54) is 0 Å². The Bertz CT molecular complexity index is 573. The van der Waals surface area contributed by atoms with Crippen LogP contribution in [0.1, 0.15) is 26.2 Å². The molecule has 0 aromatic heterocycles. The van der Waals surface area contributed by atoms with Crippen molar-refractivity contribution in [2.75, 3.05) is 13.1 Å². The van der Waals surface area contributed by atoms with Crippen LogP contribution in [0.4, 0.5) is 0 Å². The second-order valence-corrected chi connectivity index (χ2v) is 6.34. The molecule has 1 N–H and O–H groups in total. The van der Waals surface area contributed by atoms with E-state index in [0.29, 0.717) is 25.3 Å². The van der Waals surface area contributed by atoms with Gasteiger partial charge in [0.2, 0.25) is 0 Å². The number of carbonyl (C=O) groups is 2. The first-order valence-electron chi connectivity index (χ1n) is 7.77. The maximum absolute atomic E-state index is 12.6. The number of para-hydroxylation sites is 1. The third-order valence-electron chi connectivity index (χ3n) is 5.01. The number of likely N-dealkylation sites (tertiary alicyclic amines) is 1. The normalized spacial score (nSPS) is 28.2. The molecule has 3 rings (SSSR count). The van der Waals surface area contributed by atoms with Crippen molar-refractivity contribution >= 4 is 11.9 Å². The SMILES string of the molecule is CC(Oc1ccccc1)C(=O)N1C[C@@H]2CCC[C@@]2(C(=O)O)C1. The van der Waals surface area contributed by atoms with E-state index in [1.807, 2.05) is 18.2 Å². The Labute approximate surface area is 129 Å². The number of amides is 1. The summed E-state index contributed by atoms with van der Waals surface area (Å²) < 4.78 is 5.67. The first-order valence-corrected chi connectivity index (χ1v) is 7.77. The van der Waals surface area contributed by atoms with Crippen molar-refractivity contribution in [2.24, 2.45) is 11.3 Å². The van der Waals surface area contributed by atoms with Gasteiger partial charge in [-0.1, -0.05) is 24.6 Å². The number of fused-ring (bicyclic) bond motifs is 1. The van der Waals surface area contributed by atoms with Gasteiger partial charge in [-0.15, -0.1) is 0 Å². The van der Waals surface area contributed by atoms with E-state index in [-0.39, 0.29) is 11.8 Å². The molecule has 1 unspecified atom stereocenters. The maximum atomic E-state index is 12.6. The lowest BCUT2D eigenvalue weighted by Gasteiger charge is -2.25. The predicted molar refractivity (Wildman–Crippen MR) is 80.5 cm³/mol. The first-order chi connectivity index (χ1) is 10.5. The molecule has 1 heterocycles. The minimum Gasteiger partial charge on any atom is -0.481 e. The molecular formula is C17H21NO4. The topological polar surface area (TPSA) is 66.8 Å². The molecule has 1 aliphatic carbocycles. The van der Waals surface area contributed by atoms with Crippen LogP contribution in [-0.2, 0) is 9.59 Å². The average Bonchev–Trinajstić information content (AvgIpc) is 3.05. The fourth-order valence-corrected chi connectivity index (χ4v) is 3.82. The molecule has 3 atom stereocenters. The molecule has 22 heavy (non-hydrogen) atoms. The summed E-state index contributed by atoms with van der Waals surface area (Å²) >= 11 is 0. The quantitative estimate of drug-likeness (QED) is 0.925. The Kier molecular flexibility index (Phi) is 3.81. The van der Waals surface area contributed by atoms with E-state index in [1.54, 1.807) is 24.0 Å². The van der Waals surface area contributed by atoms with Crippen LogP contribution in [0, 0.1) is 11.3 Å². The molecule has 5 heteroatoms. The summed E-state index contributed by atoms with van der Waals surface area (Å²) in [7, 11) is 0. The number of hydrogen-bond acceptors (Lipinski definition) is 3. The summed E-state index contributed by atoms with van der Waals surface area (Å²) in [6, 6.07) is 9.21. The van der Waals surface area contributed by atoms with Crippen LogP contribution in [-0.4, -0.2) is 41.1 Å². The molecular weight excluding hydrogens is 282 g/mol. The summed E-state index contributed by atoms with van der Waals surface area (Å²) in [5, 5.41) is 9.58. The van der Waals surface area contributed by atoms with Gasteiger partial charge < -0.3 is 14.7 Å². The van der Waals surface area contributed by atoms with Gasteiger partial charge in [-0.2, -0.15) is 0 Å². The Balaban J connectivity index is 1.68. The van der Waals surface area contributed by atoms with Crippen molar-refractivity contribution in [2.45, 2.75) is 32.3 Å². The Morgan fingerprint density at radius 1 is 1.36 bits per heavy atom. The standard InChI is InChI=1S/C17H21NO4/c1-12(22-14-7-3-2-4-8-14)15(19)18-10-13-6-5-9-17(13,11-18)16(20)21/h2-4,7-8,12-13H,5-6,9-11H2,1H3,(H,20,21)/t12?,13-,17+/m0/s1.